The van der Waals surface area contributed by atoms with E-state index in [2.05, 4.69) is 5.32 Å². The zero-order valence-corrected chi connectivity index (χ0v) is 11.2. The molecular formula is C14H21NO3. The summed E-state index contributed by atoms with van der Waals surface area (Å²) in [5.74, 6) is 0.0277. The molecule has 4 nitrogen and oxygen atoms in total. The normalized spacial score (nSPS) is 13.9. The van der Waals surface area contributed by atoms with Crippen LogP contribution in [0.4, 0.5) is 0 Å². The zero-order chi connectivity index (χ0) is 13.6. The fourth-order valence-electron chi connectivity index (χ4n) is 1.67. The molecule has 0 saturated carbocycles. The van der Waals surface area contributed by atoms with E-state index in [9.17, 15) is 4.79 Å². The van der Waals surface area contributed by atoms with Crippen molar-refractivity contribution in [1.82, 2.24) is 5.32 Å². The van der Waals surface area contributed by atoms with Gasteiger partial charge in [0.05, 0.1) is 6.61 Å². The molecule has 1 atom stereocenters. The quantitative estimate of drug-likeness (QED) is 0.729. The smallest absolute Gasteiger partial charge is 0.323 e. The average molecular weight is 251 g/mol. The Hall–Kier alpha value is -1.55. The molecule has 0 amide bonds. The van der Waals surface area contributed by atoms with Gasteiger partial charge in [-0.15, -0.1) is 0 Å². The number of hydrogen-bond acceptors (Lipinski definition) is 3. The minimum Gasteiger partial charge on any atom is -0.493 e. The van der Waals surface area contributed by atoms with Crippen molar-refractivity contribution in [2.75, 3.05) is 13.7 Å². The van der Waals surface area contributed by atoms with Crippen molar-refractivity contribution in [3.05, 3.63) is 29.8 Å². The van der Waals surface area contributed by atoms with E-state index in [1.165, 1.54) is 0 Å². The van der Waals surface area contributed by atoms with E-state index in [1.807, 2.05) is 31.2 Å². The lowest BCUT2D eigenvalue weighted by Gasteiger charge is -2.24. The first-order chi connectivity index (χ1) is 8.49. The van der Waals surface area contributed by atoms with Gasteiger partial charge < -0.3 is 15.2 Å². The molecule has 0 aliphatic heterocycles. The number of hydrogen-bond donors (Lipinski definition) is 2. The molecule has 1 aromatic rings. The SMILES string of the molecule is CNC(C)(CCCOc1ccccc1C)C(=O)O. The molecule has 0 fully saturated rings. The maximum Gasteiger partial charge on any atom is 0.323 e. The summed E-state index contributed by atoms with van der Waals surface area (Å²) in [5.41, 5.74) is 0.210. The molecular weight excluding hydrogens is 230 g/mol. The van der Waals surface area contributed by atoms with Crippen LogP contribution in [0.5, 0.6) is 5.75 Å². The van der Waals surface area contributed by atoms with Gasteiger partial charge in [0, 0.05) is 0 Å². The lowest BCUT2D eigenvalue weighted by molar-refractivity contribution is -0.144. The summed E-state index contributed by atoms with van der Waals surface area (Å²) < 4.78 is 5.64. The molecule has 1 unspecified atom stereocenters. The molecule has 100 valence electrons. The Kier molecular flexibility index (Phi) is 5.16. The van der Waals surface area contributed by atoms with Crippen LogP contribution in [-0.4, -0.2) is 30.3 Å². The Morgan fingerprint density at radius 3 is 2.67 bits per heavy atom. The lowest BCUT2D eigenvalue weighted by atomic mass is 9.96. The number of carboxylic acid groups (broad SMARTS) is 1. The first kappa shape index (κ1) is 14.5. The van der Waals surface area contributed by atoms with E-state index in [4.69, 9.17) is 9.84 Å². The Morgan fingerprint density at radius 1 is 1.44 bits per heavy atom. The number of aliphatic carboxylic acids is 1. The summed E-state index contributed by atoms with van der Waals surface area (Å²) >= 11 is 0. The predicted octanol–water partition coefficient (Wildman–Crippen LogP) is 2.22. The maximum atomic E-state index is 11.1. The van der Waals surface area contributed by atoms with Gasteiger partial charge in [0.2, 0.25) is 0 Å². The number of carboxylic acids is 1. The molecule has 4 heteroatoms. The first-order valence-electron chi connectivity index (χ1n) is 6.10. The number of carbonyl (C=O) groups is 1. The van der Waals surface area contributed by atoms with Crippen LogP contribution in [0.2, 0.25) is 0 Å². The van der Waals surface area contributed by atoms with E-state index in [0.717, 1.165) is 11.3 Å². The highest BCUT2D eigenvalue weighted by Crippen LogP contribution is 2.18. The van der Waals surface area contributed by atoms with Crippen LogP contribution in [0.25, 0.3) is 0 Å². The van der Waals surface area contributed by atoms with Gasteiger partial charge in [0.1, 0.15) is 11.3 Å². The van der Waals surface area contributed by atoms with Gasteiger partial charge in [-0.05, 0) is 45.4 Å². The zero-order valence-electron chi connectivity index (χ0n) is 11.2. The minimum atomic E-state index is -0.880. The summed E-state index contributed by atoms with van der Waals surface area (Å²) in [6.07, 6.45) is 1.22. The summed E-state index contributed by atoms with van der Waals surface area (Å²) in [4.78, 5) is 11.1. The number of para-hydroxylation sites is 1. The molecule has 18 heavy (non-hydrogen) atoms. The standard InChI is InChI=1S/C14H21NO3/c1-11-7-4-5-8-12(11)18-10-6-9-14(2,15-3)13(16)17/h4-5,7-8,15H,6,9-10H2,1-3H3,(H,16,17). The number of ether oxygens (including phenoxy) is 1. The minimum absolute atomic E-state index is 0.523. The molecule has 1 aromatic carbocycles. The van der Waals surface area contributed by atoms with Crippen molar-refractivity contribution in [1.29, 1.82) is 0 Å². The van der Waals surface area contributed by atoms with Crippen LogP contribution in [-0.2, 0) is 4.79 Å². The van der Waals surface area contributed by atoms with Crippen molar-refractivity contribution in [2.24, 2.45) is 0 Å². The summed E-state index contributed by atoms with van der Waals surface area (Å²) in [5, 5.41) is 11.9. The van der Waals surface area contributed by atoms with Crippen molar-refractivity contribution in [3.63, 3.8) is 0 Å². The molecule has 0 aliphatic carbocycles. The third-order valence-corrected chi connectivity index (χ3v) is 3.20. The van der Waals surface area contributed by atoms with Gasteiger partial charge >= 0.3 is 5.97 Å². The van der Waals surface area contributed by atoms with Crippen LogP contribution in [0.1, 0.15) is 25.3 Å². The molecule has 0 aliphatic rings. The first-order valence-corrected chi connectivity index (χ1v) is 6.10. The topological polar surface area (TPSA) is 58.6 Å². The van der Waals surface area contributed by atoms with Gasteiger partial charge in [0.25, 0.3) is 0 Å². The van der Waals surface area contributed by atoms with Crippen LogP contribution in [0, 0.1) is 6.92 Å². The second-order valence-electron chi connectivity index (χ2n) is 4.60. The maximum absolute atomic E-state index is 11.1. The van der Waals surface area contributed by atoms with Crippen LogP contribution < -0.4 is 10.1 Å². The fraction of sp³-hybridized carbons (Fsp3) is 0.500. The highest BCUT2D eigenvalue weighted by Gasteiger charge is 2.30. The molecule has 0 heterocycles. The Morgan fingerprint density at radius 2 is 2.11 bits per heavy atom. The lowest BCUT2D eigenvalue weighted by Crippen LogP contribution is -2.47. The van der Waals surface area contributed by atoms with Crippen LogP contribution in [0.15, 0.2) is 24.3 Å². The molecule has 0 aromatic heterocycles. The fourth-order valence-corrected chi connectivity index (χ4v) is 1.67. The average Bonchev–Trinajstić information content (AvgIpc) is 2.36. The highest BCUT2D eigenvalue weighted by molar-refractivity contribution is 5.78. The predicted molar refractivity (Wildman–Crippen MR) is 71.0 cm³/mol. The number of likely N-dealkylation sites (N-methyl/N-ethyl adjacent to an activating group) is 1. The third-order valence-electron chi connectivity index (χ3n) is 3.20. The van der Waals surface area contributed by atoms with Crippen molar-refractivity contribution in [3.8, 4) is 5.75 Å². The van der Waals surface area contributed by atoms with Crippen molar-refractivity contribution >= 4 is 5.97 Å². The second-order valence-corrected chi connectivity index (χ2v) is 4.60. The second kappa shape index (κ2) is 6.40. The largest absolute Gasteiger partial charge is 0.493 e. The summed E-state index contributed by atoms with van der Waals surface area (Å²) in [7, 11) is 1.66. The summed E-state index contributed by atoms with van der Waals surface area (Å²) in [6.45, 7) is 4.20. The van der Waals surface area contributed by atoms with Crippen LogP contribution in [0.3, 0.4) is 0 Å². The van der Waals surface area contributed by atoms with E-state index < -0.39 is 11.5 Å². The van der Waals surface area contributed by atoms with Gasteiger partial charge in [0.15, 0.2) is 0 Å². The van der Waals surface area contributed by atoms with Gasteiger partial charge in [-0.25, -0.2) is 0 Å². The Labute approximate surface area is 108 Å². The van der Waals surface area contributed by atoms with Crippen LogP contribution >= 0.6 is 0 Å². The van der Waals surface area contributed by atoms with E-state index in [1.54, 1.807) is 14.0 Å². The molecule has 0 bridgehead atoms. The van der Waals surface area contributed by atoms with Gasteiger partial charge in [-0.3, -0.25) is 4.79 Å². The van der Waals surface area contributed by atoms with Crippen molar-refractivity contribution in [2.45, 2.75) is 32.2 Å². The van der Waals surface area contributed by atoms with Gasteiger partial charge in [-0.1, -0.05) is 18.2 Å². The number of aryl methyl sites for hydroxylation is 1. The molecule has 1 rings (SSSR count). The summed E-state index contributed by atoms with van der Waals surface area (Å²) in [6, 6.07) is 7.80. The number of benzene rings is 1. The number of rotatable bonds is 7. The van der Waals surface area contributed by atoms with E-state index in [0.29, 0.717) is 19.4 Å². The van der Waals surface area contributed by atoms with Crippen molar-refractivity contribution < 1.29 is 14.6 Å². The molecule has 0 spiro atoms. The van der Waals surface area contributed by atoms with E-state index in [-0.39, 0.29) is 0 Å². The highest BCUT2D eigenvalue weighted by atomic mass is 16.5. The number of nitrogens with one attached hydrogen (secondary N) is 1. The molecule has 0 radical (unpaired) electrons. The monoisotopic (exact) mass is 251 g/mol. The molecule has 0 saturated heterocycles. The Balaban J connectivity index is 2.39. The molecule has 2 N–H and O–H groups in total. The Bertz CT molecular complexity index is 406. The van der Waals surface area contributed by atoms with Gasteiger partial charge in [-0.2, -0.15) is 0 Å². The van der Waals surface area contributed by atoms with E-state index >= 15 is 0 Å². The third kappa shape index (κ3) is 3.74.